The summed E-state index contributed by atoms with van der Waals surface area (Å²) in [6, 6.07) is -0.283. The van der Waals surface area contributed by atoms with Crippen molar-refractivity contribution < 1.29 is 63.2 Å². The number of hydrogen-bond acceptors (Lipinski definition) is 14. The minimum Gasteiger partial charge on any atom is -0.459 e. The molecule has 0 spiro atoms. The summed E-state index contributed by atoms with van der Waals surface area (Å²) in [5.41, 5.74) is -4.25. The van der Waals surface area contributed by atoms with Gasteiger partial charge in [0.05, 0.1) is 47.6 Å². The molecule has 0 aromatic heterocycles. The maximum Gasteiger partial charge on any atom is 0.311 e. The normalized spacial score (nSPS) is 49.7. The number of Topliss-reactive ketones (excluding diaryl/α,β-unsaturated/α-hetero) is 1. The van der Waals surface area contributed by atoms with Crippen LogP contribution in [0.1, 0.15) is 88.5 Å². The molecule has 3 aliphatic heterocycles. The van der Waals surface area contributed by atoms with Crippen LogP contribution in [0, 0.1) is 23.7 Å². The van der Waals surface area contributed by atoms with Gasteiger partial charge in [-0.25, -0.2) is 0 Å². The van der Waals surface area contributed by atoms with Crippen LogP contribution < -0.4 is 0 Å². The summed E-state index contributed by atoms with van der Waals surface area (Å²) < 4.78 is 43.6. The van der Waals surface area contributed by atoms with Crippen molar-refractivity contribution in [1.82, 2.24) is 4.90 Å². The van der Waals surface area contributed by atoms with Crippen molar-refractivity contribution in [3.05, 3.63) is 0 Å². The zero-order valence-corrected chi connectivity index (χ0v) is 33.2. The maximum atomic E-state index is 14.0. The molecule has 298 valence electrons. The Kier molecular flexibility index (Phi) is 14.7. The van der Waals surface area contributed by atoms with Crippen LogP contribution in [0.5, 0.6) is 0 Å². The summed E-state index contributed by atoms with van der Waals surface area (Å²) in [6.07, 6.45) is -8.94. The van der Waals surface area contributed by atoms with Gasteiger partial charge in [0.2, 0.25) is 0 Å². The van der Waals surface area contributed by atoms with Crippen molar-refractivity contribution in [1.29, 1.82) is 0 Å². The topological polar surface area (TPSA) is 183 Å². The van der Waals surface area contributed by atoms with Crippen LogP contribution in [0.2, 0.25) is 0 Å². The molecule has 0 aliphatic carbocycles. The molecule has 0 amide bonds. The predicted molar refractivity (Wildman–Crippen MR) is 186 cm³/mol. The number of nitrogens with zero attached hydrogens (tertiary/aromatic N) is 1. The molecule has 0 saturated carbocycles. The van der Waals surface area contributed by atoms with Crippen LogP contribution in [0.25, 0.3) is 0 Å². The Morgan fingerprint density at radius 2 is 1.39 bits per heavy atom. The Bertz CT molecular complexity index is 1170. The molecule has 0 bridgehead atoms. The Balaban J connectivity index is 2.20. The summed E-state index contributed by atoms with van der Waals surface area (Å²) in [6.45, 7) is 16.7. The highest BCUT2D eigenvalue weighted by molar-refractivity contribution is 5.83. The van der Waals surface area contributed by atoms with E-state index in [1.807, 2.05) is 32.8 Å². The molecule has 3 heterocycles. The van der Waals surface area contributed by atoms with Gasteiger partial charge in [0, 0.05) is 44.4 Å². The van der Waals surface area contributed by atoms with E-state index in [2.05, 4.69) is 0 Å². The smallest absolute Gasteiger partial charge is 0.311 e. The van der Waals surface area contributed by atoms with Crippen LogP contribution in [0.3, 0.4) is 0 Å². The molecule has 51 heavy (non-hydrogen) atoms. The number of rotatable bonds is 7. The Labute approximate surface area is 304 Å². The van der Waals surface area contributed by atoms with E-state index in [-0.39, 0.29) is 30.8 Å². The number of ketones is 1. The van der Waals surface area contributed by atoms with E-state index in [0.717, 1.165) is 0 Å². The maximum absolute atomic E-state index is 14.0. The van der Waals surface area contributed by atoms with Crippen LogP contribution in [0.15, 0.2) is 0 Å². The van der Waals surface area contributed by atoms with E-state index < -0.39 is 102 Å². The zero-order chi connectivity index (χ0) is 39.0. The predicted octanol–water partition coefficient (Wildman–Crippen LogP) is 2.05. The van der Waals surface area contributed by atoms with Gasteiger partial charge in [-0.3, -0.25) is 9.59 Å². The average molecular weight is 734 g/mol. The lowest BCUT2D eigenvalue weighted by Gasteiger charge is -2.49. The summed E-state index contributed by atoms with van der Waals surface area (Å²) >= 11 is 0. The third kappa shape index (κ3) is 9.33. The lowest BCUT2D eigenvalue weighted by Crippen LogP contribution is -2.61. The molecule has 0 aromatic rings. The molecular formula is C37H67NO13. The lowest BCUT2D eigenvalue weighted by molar-refractivity contribution is -0.319. The summed E-state index contributed by atoms with van der Waals surface area (Å²) in [7, 11) is 6.75. The molecule has 3 saturated heterocycles. The number of aliphatic hydroxyl groups is 4. The SMILES string of the molecule is CO[C@]1(C)C[C@@H](C)C(=O)[C@H](C)[C@@H](O)[C@](C)(O)[C@@H](C)OC(=O)[C@H](C)[C@@H](O[C@H]2C[C@@](C)(OC)[C@@H](O)[C@H](C)O2)C(C)[C@H]1O[C@@H]1O[C@H](C)C[C@H](N(C)C)C1O. The number of hydrogen-bond donors (Lipinski definition) is 4. The quantitative estimate of drug-likeness (QED) is 0.279. The van der Waals surface area contributed by atoms with E-state index in [0.29, 0.717) is 6.42 Å². The van der Waals surface area contributed by atoms with Gasteiger partial charge in [-0.15, -0.1) is 0 Å². The number of ether oxygens (including phenoxy) is 7. The number of aliphatic hydroxyl groups excluding tert-OH is 3. The van der Waals surface area contributed by atoms with Gasteiger partial charge in [-0.05, 0) is 75.4 Å². The molecule has 4 N–H and O–H groups in total. The fraction of sp³-hybridized carbons (Fsp3) is 0.946. The number of carbonyl (C=O) groups is 2. The van der Waals surface area contributed by atoms with Gasteiger partial charge in [0.15, 0.2) is 12.6 Å². The van der Waals surface area contributed by atoms with Crippen molar-refractivity contribution in [3.8, 4) is 0 Å². The first kappa shape index (κ1) is 44.1. The largest absolute Gasteiger partial charge is 0.459 e. The van der Waals surface area contributed by atoms with E-state index in [1.54, 1.807) is 34.6 Å². The third-order valence-electron chi connectivity index (χ3n) is 12.1. The molecule has 14 nitrogen and oxygen atoms in total. The first-order valence-corrected chi connectivity index (χ1v) is 18.3. The van der Waals surface area contributed by atoms with E-state index >= 15 is 0 Å². The summed E-state index contributed by atoms with van der Waals surface area (Å²) in [5, 5.41) is 45.2. The molecule has 2 unspecified atom stereocenters. The van der Waals surface area contributed by atoms with Gasteiger partial charge in [-0.1, -0.05) is 20.8 Å². The highest BCUT2D eigenvalue weighted by Gasteiger charge is 2.53. The zero-order valence-electron chi connectivity index (χ0n) is 33.2. The van der Waals surface area contributed by atoms with Crippen molar-refractivity contribution >= 4 is 11.8 Å². The molecule has 0 aromatic carbocycles. The highest BCUT2D eigenvalue weighted by atomic mass is 16.7. The molecule has 3 fully saturated rings. The second kappa shape index (κ2) is 17.0. The average Bonchev–Trinajstić information content (AvgIpc) is 3.07. The molecule has 3 aliphatic rings. The van der Waals surface area contributed by atoms with Crippen LogP contribution in [-0.4, -0.2) is 150 Å². The van der Waals surface area contributed by atoms with Gasteiger partial charge in [0.25, 0.3) is 0 Å². The lowest BCUT2D eigenvalue weighted by atomic mass is 9.74. The highest BCUT2D eigenvalue weighted by Crippen LogP contribution is 2.41. The Morgan fingerprint density at radius 1 is 0.804 bits per heavy atom. The third-order valence-corrected chi connectivity index (χ3v) is 12.1. The van der Waals surface area contributed by atoms with Crippen molar-refractivity contribution in [2.45, 2.75) is 173 Å². The monoisotopic (exact) mass is 733 g/mol. The van der Waals surface area contributed by atoms with Crippen LogP contribution in [0.4, 0.5) is 0 Å². The van der Waals surface area contributed by atoms with Crippen LogP contribution >= 0.6 is 0 Å². The van der Waals surface area contributed by atoms with E-state index in [9.17, 15) is 30.0 Å². The van der Waals surface area contributed by atoms with E-state index in [4.69, 9.17) is 33.2 Å². The second-order valence-corrected chi connectivity index (χ2v) is 16.4. The van der Waals surface area contributed by atoms with Gasteiger partial charge in [0.1, 0.15) is 29.7 Å². The number of carbonyl (C=O) groups excluding carboxylic acids is 2. The second-order valence-electron chi connectivity index (χ2n) is 16.4. The van der Waals surface area contributed by atoms with Gasteiger partial charge >= 0.3 is 5.97 Å². The van der Waals surface area contributed by atoms with Crippen molar-refractivity contribution in [2.24, 2.45) is 23.7 Å². The van der Waals surface area contributed by atoms with E-state index in [1.165, 1.54) is 35.0 Å². The van der Waals surface area contributed by atoms with Crippen molar-refractivity contribution in [3.63, 3.8) is 0 Å². The van der Waals surface area contributed by atoms with Crippen molar-refractivity contribution in [2.75, 3.05) is 28.3 Å². The van der Waals surface area contributed by atoms with Crippen LogP contribution in [-0.2, 0) is 42.7 Å². The Hall–Kier alpha value is -1.30. The molecule has 3 rings (SSSR count). The molecular weight excluding hydrogens is 666 g/mol. The number of methoxy groups -OCH3 is 2. The first-order chi connectivity index (χ1) is 23.4. The standard InChI is InChI=1S/C37H67NO13/c1-18-16-36(9,46-14)32(51-34-28(40)25(38(11)12)15-19(2)47-34)21(4)29(50-26-17-35(8,45-13)31(42)23(6)48-26)22(5)33(43)49-24(7)37(10,44)30(41)20(3)27(18)39/h18-26,28-32,34,40-42,44H,15-17H2,1-14H3/t18-,19-,20+,21?,22-,23+,24-,25+,26+,28?,29+,30-,31+,32-,34+,35-,36-,37-/m1/s1. The molecule has 18 atom stereocenters. The fourth-order valence-corrected chi connectivity index (χ4v) is 8.17. The van der Waals surface area contributed by atoms with Gasteiger partial charge in [-0.2, -0.15) is 0 Å². The minimum atomic E-state index is -1.97. The number of likely N-dealkylation sites (N-methyl/N-ethyl adjacent to an activating group) is 1. The summed E-state index contributed by atoms with van der Waals surface area (Å²) in [4.78, 5) is 29.8. The first-order valence-electron chi connectivity index (χ1n) is 18.3. The molecule has 0 radical (unpaired) electrons. The van der Waals surface area contributed by atoms with Gasteiger partial charge < -0.3 is 58.5 Å². The number of esters is 1. The fourth-order valence-electron chi connectivity index (χ4n) is 8.17. The molecule has 14 heteroatoms. The summed E-state index contributed by atoms with van der Waals surface area (Å²) in [5.74, 6) is -4.50. The Morgan fingerprint density at radius 3 is 1.94 bits per heavy atom. The minimum absolute atomic E-state index is 0.109. The number of cyclic esters (lactones) is 1.